The summed E-state index contributed by atoms with van der Waals surface area (Å²) in [6, 6.07) is 25.9. The van der Waals surface area contributed by atoms with Gasteiger partial charge in [0.15, 0.2) is 0 Å². The lowest BCUT2D eigenvalue weighted by Gasteiger charge is -2.12. The van der Waals surface area contributed by atoms with Gasteiger partial charge in [0.05, 0.1) is 17.6 Å². The first-order valence-electron chi connectivity index (χ1n) is 12.9. The Morgan fingerprint density at radius 1 is 0.917 bits per heavy atom. The molecular formula is C31H35N3O2. The standard InChI is InChI=1S/C31H35N3O2/c1-2-14-25-15-8-11-20-29(25)36-24-13-23-34-28-19-10-9-18-27(28)33-30(34)21-7-4-12-22-32-31(35)26-16-5-3-6-17-26/h2-3,5-6,8-11,15-20H,1,4,7,12-14,21-24H2,(H,32,35). The summed E-state index contributed by atoms with van der Waals surface area (Å²) in [6.45, 7) is 6.05. The van der Waals surface area contributed by atoms with E-state index in [1.165, 1.54) is 11.1 Å². The number of benzene rings is 3. The quantitative estimate of drug-likeness (QED) is 0.168. The number of fused-ring (bicyclic) bond motifs is 1. The molecule has 1 N–H and O–H groups in total. The molecule has 5 nitrogen and oxygen atoms in total. The van der Waals surface area contributed by atoms with Crippen LogP contribution in [0.4, 0.5) is 0 Å². The van der Waals surface area contributed by atoms with Crippen LogP contribution in [0.2, 0.25) is 0 Å². The van der Waals surface area contributed by atoms with Gasteiger partial charge >= 0.3 is 0 Å². The maximum Gasteiger partial charge on any atom is 0.251 e. The summed E-state index contributed by atoms with van der Waals surface area (Å²) in [6.07, 6.45) is 7.57. The van der Waals surface area contributed by atoms with Crippen molar-refractivity contribution in [3.8, 4) is 5.75 Å². The Labute approximate surface area is 213 Å². The minimum Gasteiger partial charge on any atom is -0.493 e. The van der Waals surface area contributed by atoms with Crippen molar-refractivity contribution < 1.29 is 9.53 Å². The summed E-state index contributed by atoms with van der Waals surface area (Å²) in [7, 11) is 0. The van der Waals surface area contributed by atoms with Crippen molar-refractivity contribution in [2.24, 2.45) is 0 Å². The number of amides is 1. The predicted octanol–water partition coefficient (Wildman–Crippen LogP) is 6.38. The van der Waals surface area contributed by atoms with Gasteiger partial charge in [0.25, 0.3) is 5.91 Å². The molecule has 0 radical (unpaired) electrons. The van der Waals surface area contributed by atoms with Crippen molar-refractivity contribution in [2.75, 3.05) is 13.2 Å². The van der Waals surface area contributed by atoms with Crippen LogP contribution < -0.4 is 10.1 Å². The van der Waals surface area contributed by atoms with E-state index in [-0.39, 0.29) is 5.91 Å². The third-order valence-corrected chi connectivity index (χ3v) is 6.25. The van der Waals surface area contributed by atoms with Crippen LogP contribution in [0, 0.1) is 0 Å². The zero-order chi connectivity index (χ0) is 25.0. The van der Waals surface area contributed by atoms with Crippen molar-refractivity contribution in [3.63, 3.8) is 0 Å². The Kier molecular flexibility index (Phi) is 9.32. The molecule has 4 rings (SSSR count). The normalized spacial score (nSPS) is 10.9. The Hall–Kier alpha value is -3.86. The van der Waals surface area contributed by atoms with E-state index in [2.05, 4.69) is 40.7 Å². The number of hydrogen-bond donors (Lipinski definition) is 1. The van der Waals surface area contributed by atoms with Crippen LogP contribution in [0.25, 0.3) is 11.0 Å². The fraction of sp³-hybridized carbons (Fsp3) is 0.290. The summed E-state index contributed by atoms with van der Waals surface area (Å²) in [5, 5.41) is 3.01. The lowest BCUT2D eigenvalue weighted by Crippen LogP contribution is -2.24. The second kappa shape index (κ2) is 13.3. The molecule has 0 aliphatic carbocycles. The minimum atomic E-state index is -0.00766. The lowest BCUT2D eigenvalue weighted by molar-refractivity contribution is 0.0953. The van der Waals surface area contributed by atoms with Gasteiger partial charge in [-0.1, -0.05) is 61.0 Å². The average Bonchev–Trinajstić information content (AvgIpc) is 3.27. The molecule has 1 heterocycles. The molecule has 36 heavy (non-hydrogen) atoms. The Morgan fingerprint density at radius 3 is 2.56 bits per heavy atom. The van der Waals surface area contributed by atoms with Crippen LogP contribution in [-0.2, 0) is 19.4 Å². The van der Waals surface area contributed by atoms with E-state index >= 15 is 0 Å². The number of nitrogens with zero attached hydrogens (tertiary/aromatic N) is 2. The minimum absolute atomic E-state index is 0.00766. The maximum atomic E-state index is 12.2. The van der Waals surface area contributed by atoms with Gasteiger partial charge < -0.3 is 14.6 Å². The molecule has 0 fully saturated rings. The molecule has 186 valence electrons. The topological polar surface area (TPSA) is 56.1 Å². The number of allylic oxidation sites excluding steroid dienone is 1. The van der Waals surface area contributed by atoms with Gasteiger partial charge in [0.2, 0.25) is 0 Å². The molecule has 0 atom stereocenters. The van der Waals surface area contributed by atoms with Gasteiger partial charge in [-0.15, -0.1) is 6.58 Å². The second-order valence-corrected chi connectivity index (χ2v) is 8.90. The van der Waals surface area contributed by atoms with Crippen molar-refractivity contribution in [1.82, 2.24) is 14.9 Å². The molecule has 0 spiro atoms. The predicted molar refractivity (Wildman–Crippen MR) is 147 cm³/mol. The van der Waals surface area contributed by atoms with Crippen molar-refractivity contribution in [2.45, 2.75) is 45.1 Å². The van der Waals surface area contributed by atoms with E-state index in [9.17, 15) is 4.79 Å². The molecule has 0 saturated carbocycles. The summed E-state index contributed by atoms with van der Waals surface area (Å²) in [5.41, 5.74) is 4.09. The van der Waals surface area contributed by atoms with Crippen LogP contribution in [0.1, 0.15) is 47.4 Å². The average molecular weight is 482 g/mol. The van der Waals surface area contributed by atoms with Gasteiger partial charge in [-0.25, -0.2) is 4.98 Å². The first-order valence-corrected chi connectivity index (χ1v) is 12.9. The number of nitrogens with one attached hydrogen (secondary N) is 1. The van der Waals surface area contributed by atoms with Crippen LogP contribution in [0.5, 0.6) is 5.75 Å². The molecule has 5 heteroatoms. The molecule has 0 aliphatic heterocycles. The van der Waals surface area contributed by atoms with Crippen LogP contribution in [0.15, 0.2) is 91.5 Å². The van der Waals surface area contributed by atoms with Crippen molar-refractivity contribution in [3.05, 3.63) is 108 Å². The highest BCUT2D eigenvalue weighted by atomic mass is 16.5. The number of hydrogen-bond acceptors (Lipinski definition) is 3. The molecule has 4 aromatic rings. The third kappa shape index (κ3) is 6.85. The number of unbranched alkanes of at least 4 members (excludes halogenated alkanes) is 2. The molecule has 0 unspecified atom stereocenters. The van der Waals surface area contributed by atoms with E-state index in [4.69, 9.17) is 9.72 Å². The van der Waals surface area contributed by atoms with Crippen LogP contribution in [-0.4, -0.2) is 28.6 Å². The number of imidazole rings is 1. The number of aryl methyl sites for hydroxylation is 2. The zero-order valence-electron chi connectivity index (χ0n) is 20.9. The fourth-order valence-corrected chi connectivity index (χ4v) is 4.42. The number of aromatic nitrogens is 2. The molecule has 3 aromatic carbocycles. The van der Waals surface area contributed by atoms with E-state index < -0.39 is 0 Å². The largest absolute Gasteiger partial charge is 0.493 e. The number of carbonyl (C=O) groups is 1. The Balaban J connectivity index is 1.26. The second-order valence-electron chi connectivity index (χ2n) is 8.90. The maximum absolute atomic E-state index is 12.2. The smallest absolute Gasteiger partial charge is 0.251 e. The monoisotopic (exact) mass is 481 g/mol. The van der Waals surface area contributed by atoms with E-state index in [1.54, 1.807) is 0 Å². The summed E-state index contributed by atoms with van der Waals surface area (Å²) < 4.78 is 8.44. The third-order valence-electron chi connectivity index (χ3n) is 6.25. The van der Waals surface area contributed by atoms with Crippen LogP contribution >= 0.6 is 0 Å². The SMILES string of the molecule is C=CCc1ccccc1OCCCn1c(CCCCCNC(=O)c2ccccc2)nc2ccccc21. The number of ether oxygens (including phenoxy) is 1. The summed E-state index contributed by atoms with van der Waals surface area (Å²) >= 11 is 0. The van der Waals surface area contributed by atoms with E-state index in [0.29, 0.717) is 18.7 Å². The van der Waals surface area contributed by atoms with E-state index in [1.807, 2.05) is 60.7 Å². The van der Waals surface area contributed by atoms with Gasteiger partial charge in [-0.2, -0.15) is 0 Å². The zero-order valence-corrected chi connectivity index (χ0v) is 20.9. The lowest BCUT2D eigenvalue weighted by atomic mass is 10.1. The molecule has 0 bridgehead atoms. The molecular weight excluding hydrogens is 446 g/mol. The summed E-state index contributed by atoms with van der Waals surface area (Å²) in [5.74, 6) is 2.05. The first kappa shape index (κ1) is 25.2. The molecule has 0 aliphatic rings. The fourth-order valence-electron chi connectivity index (χ4n) is 4.42. The highest BCUT2D eigenvalue weighted by Crippen LogP contribution is 2.21. The van der Waals surface area contributed by atoms with Crippen LogP contribution in [0.3, 0.4) is 0 Å². The first-order chi connectivity index (χ1) is 17.8. The number of rotatable bonds is 14. The van der Waals surface area contributed by atoms with Gasteiger partial charge in [-0.3, -0.25) is 4.79 Å². The Bertz CT molecular complexity index is 1260. The van der Waals surface area contributed by atoms with E-state index in [0.717, 1.165) is 62.2 Å². The summed E-state index contributed by atoms with van der Waals surface area (Å²) in [4.78, 5) is 17.1. The van der Waals surface area contributed by atoms with Crippen molar-refractivity contribution >= 4 is 16.9 Å². The highest BCUT2D eigenvalue weighted by Gasteiger charge is 2.11. The molecule has 1 aromatic heterocycles. The van der Waals surface area contributed by atoms with Gasteiger partial charge in [0, 0.05) is 25.1 Å². The molecule has 0 saturated heterocycles. The van der Waals surface area contributed by atoms with Gasteiger partial charge in [0.1, 0.15) is 11.6 Å². The number of carbonyl (C=O) groups excluding carboxylic acids is 1. The number of para-hydroxylation sites is 3. The van der Waals surface area contributed by atoms with Gasteiger partial charge in [-0.05, 0) is 61.6 Å². The van der Waals surface area contributed by atoms with Crippen molar-refractivity contribution in [1.29, 1.82) is 0 Å². The Morgan fingerprint density at radius 2 is 1.69 bits per heavy atom. The molecule has 1 amide bonds. The highest BCUT2D eigenvalue weighted by molar-refractivity contribution is 5.94.